The van der Waals surface area contributed by atoms with Crippen molar-refractivity contribution in [2.75, 3.05) is 5.32 Å². The van der Waals surface area contributed by atoms with Crippen molar-refractivity contribution in [3.8, 4) is 0 Å². The summed E-state index contributed by atoms with van der Waals surface area (Å²) >= 11 is 0. The van der Waals surface area contributed by atoms with E-state index in [0.717, 1.165) is 34.0 Å². The van der Waals surface area contributed by atoms with Crippen LogP contribution < -0.4 is 5.32 Å². The molecule has 1 aromatic heterocycles. The Balaban J connectivity index is 1.61. The quantitative estimate of drug-likeness (QED) is 0.254. The summed E-state index contributed by atoms with van der Waals surface area (Å²) in [5, 5.41) is 4.65. The lowest BCUT2D eigenvalue weighted by Crippen LogP contribution is -2.08. The number of halogens is 3. The number of amides is 1. The van der Waals surface area contributed by atoms with Crippen LogP contribution in [0.4, 0.5) is 18.9 Å². The minimum absolute atomic E-state index is 0.323. The second kappa shape index (κ2) is 9.75. The molecule has 4 aromatic rings. The molecule has 0 aliphatic carbocycles. The topological polar surface area (TPSA) is 42.0 Å². The van der Waals surface area contributed by atoms with E-state index in [2.05, 4.69) is 10.3 Å². The van der Waals surface area contributed by atoms with E-state index in [1.165, 1.54) is 18.2 Å². The molecule has 0 radical (unpaired) electrons. The summed E-state index contributed by atoms with van der Waals surface area (Å²) in [6, 6.07) is 20.0. The number of anilines is 1. The summed E-state index contributed by atoms with van der Waals surface area (Å²) in [6.45, 7) is 1.96. The molecule has 1 amide bonds. The van der Waals surface area contributed by atoms with Crippen molar-refractivity contribution in [3.63, 3.8) is 0 Å². The highest BCUT2D eigenvalue weighted by atomic mass is 19.4. The molecule has 0 bridgehead atoms. The summed E-state index contributed by atoms with van der Waals surface area (Å²) in [5.41, 5.74) is 3.17. The van der Waals surface area contributed by atoms with Gasteiger partial charge < -0.3 is 5.32 Å². The van der Waals surface area contributed by atoms with Gasteiger partial charge in [-0.3, -0.25) is 9.78 Å². The molecule has 3 aromatic carbocycles. The van der Waals surface area contributed by atoms with E-state index in [9.17, 15) is 18.0 Å². The monoisotopic (exact) mass is 458 g/mol. The Bertz CT molecular complexity index is 1360. The standard InChI is InChI=1S/C28H21F3N2O/c1-19-8-10-20(11-9-19)24(21-12-14-23(15-13-21)28(29,30)31)5-3-7-27(34)33-26-6-2-4-22-18-32-17-16-25(22)26/h2-18H,1H3,(H,33,34). The Morgan fingerprint density at radius 3 is 2.26 bits per heavy atom. The smallest absolute Gasteiger partial charge is 0.322 e. The molecule has 1 N–H and O–H groups in total. The Labute approximate surface area is 195 Å². The summed E-state index contributed by atoms with van der Waals surface area (Å²) in [4.78, 5) is 16.6. The van der Waals surface area contributed by atoms with Gasteiger partial charge in [-0.1, -0.05) is 66.2 Å². The number of nitrogens with one attached hydrogen (secondary N) is 1. The number of pyridine rings is 1. The molecule has 0 spiro atoms. The van der Waals surface area contributed by atoms with Crippen molar-refractivity contribution in [1.29, 1.82) is 0 Å². The molecule has 1 heterocycles. The van der Waals surface area contributed by atoms with E-state index in [0.29, 0.717) is 16.8 Å². The van der Waals surface area contributed by atoms with Crippen LogP contribution in [0, 0.1) is 6.92 Å². The van der Waals surface area contributed by atoms with Gasteiger partial charge in [-0.05, 0) is 47.9 Å². The molecule has 0 aliphatic rings. The van der Waals surface area contributed by atoms with Crippen molar-refractivity contribution in [3.05, 3.63) is 126 Å². The van der Waals surface area contributed by atoms with Crippen molar-refractivity contribution >= 4 is 27.9 Å². The Kier molecular flexibility index (Phi) is 6.59. The molecular weight excluding hydrogens is 437 g/mol. The van der Waals surface area contributed by atoms with Crippen LogP contribution in [0.5, 0.6) is 0 Å². The summed E-state index contributed by atoms with van der Waals surface area (Å²) in [5.74, 6) is -0.323. The van der Waals surface area contributed by atoms with Gasteiger partial charge in [0.25, 0.3) is 0 Å². The number of nitrogens with zero attached hydrogens (tertiary/aromatic N) is 1. The predicted molar refractivity (Wildman–Crippen MR) is 129 cm³/mol. The number of hydrogen-bond donors (Lipinski definition) is 1. The molecule has 34 heavy (non-hydrogen) atoms. The molecule has 0 fully saturated rings. The average Bonchev–Trinajstić information content (AvgIpc) is 2.82. The predicted octanol–water partition coefficient (Wildman–Crippen LogP) is 7.19. The molecule has 0 saturated heterocycles. The van der Waals surface area contributed by atoms with Gasteiger partial charge in [-0.25, -0.2) is 0 Å². The van der Waals surface area contributed by atoms with Crippen LogP contribution in [0.1, 0.15) is 22.3 Å². The van der Waals surface area contributed by atoms with E-state index < -0.39 is 11.7 Å². The normalized spacial score (nSPS) is 12.3. The molecule has 170 valence electrons. The molecule has 3 nitrogen and oxygen atoms in total. The molecule has 0 saturated carbocycles. The highest BCUT2D eigenvalue weighted by Crippen LogP contribution is 2.31. The van der Waals surface area contributed by atoms with Crippen molar-refractivity contribution < 1.29 is 18.0 Å². The average molecular weight is 458 g/mol. The van der Waals surface area contributed by atoms with Crippen LogP contribution in [0.15, 0.2) is 103 Å². The Morgan fingerprint density at radius 2 is 1.59 bits per heavy atom. The van der Waals surface area contributed by atoms with Crippen LogP contribution >= 0.6 is 0 Å². The molecule has 0 aliphatic heterocycles. The van der Waals surface area contributed by atoms with E-state index in [4.69, 9.17) is 0 Å². The van der Waals surface area contributed by atoms with Crippen LogP contribution in [0.2, 0.25) is 0 Å². The lowest BCUT2D eigenvalue weighted by molar-refractivity contribution is -0.137. The number of carbonyl (C=O) groups excluding carboxylic acids is 1. The number of hydrogen-bond acceptors (Lipinski definition) is 2. The van der Waals surface area contributed by atoms with E-state index in [1.807, 2.05) is 55.5 Å². The first-order valence-electron chi connectivity index (χ1n) is 10.6. The Morgan fingerprint density at radius 1 is 0.912 bits per heavy atom. The van der Waals surface area contributed by atoms with Crippen LogP contribution in [-0.4, -0.2) is 10.9 Å². The maximum atomic E-state index is 13.0. The SMILES string of the molecule is Cc1ccc(C(=CC=CC(=O)Nc2cccc3cnccc23)c2ccc(C(F)(F)F)cc2)cc1. The van der Waals surface area contributed by atoms with E-state index >= 15 is 0 Å². The van der Waals surface area contributed by atoms with Crippen molar-refractivity contribution in [2.45, 2.75) is 13.1 Å². The number of fused-ring (bicyclic) bond motifs is 1. The van der Waals surface area contributed by atoms with E-state index in [-0.39, 0.29) is 5.91 Å². The van der Waals surface area contributed by atoms with Gasteiger partial charge in [0, 0.05) is 34.9 Å². The third kappa shape index (κ3) is 5.41. The van der Waals surface area contributed by atoms with Gasteiger partial charge in [-0.15, -0.1) is 0 Å². The third-order valence-electron chi connectivity index (χ3n) is 5.33. The van der Waals surface area contributed by atoms with Crippen molar-refractivity contribution in [1.82, 2.24) is 4.98 Å². The van der Waals surface area contributed by atoms with Gasteiger partial charge in [0.1, 0.15) is 0 Å². The van der Waals surface area contributed by atoms with Crippen molar-refractivity contribution in [2.24, 2.45) is 0 Å². The first-order chi connectivity index (χ1) is 16.3. The number of allylic oxidation sites excluding steroid dienone is 2. The van der Waals surface area contributed by atoms with Gasteiger partial charge in [0.15, 0.2) is 0 Å². The zero-order valence-corrected chi connectivity index (χ0v) is 18.3. The highest BCUT2D eigenvalue weighted by Gasteiger charge is 2.30. The fourth-order valence-corrected chi connectivity index (χ4v) is 3.57. The fourth-order valence-electron chi connectivity index (χ4n) is 3.57. The maximum absolute atomic E-state index is 13.0. The zero-order valence-electron chi connectivity index (χ0n) is 18.3. The number of rotatable bonds is 5. The highest BCUT2D eigenvalue weighted by molar-refractivity contribution is 6.06. The second-order valence-corrected chi connectivity index (χ2v) is 7.77. The number of benzene rings is 3. The van der Waals surface area contributed by atoms with Gasteiger partial charge in [0.05, 0.1) is 5.56 Å². The lowest BCUT2D eigenvalue weighted by Gasteiger charge is -2.11. The molecule has 0 unspecified atom stereocenters. The van der Waals surface area contributed by atoms with Gasteiger partial charge >= 0.3 is 6.18 Å². The maximum Gasteiger partial charge on any atom is 0.416 e. The van der Waals surface area contributed by atoms with Crippen LogP contribution in [0.3, 0.4) is 0 Å². The first-order valence-corrected chi connectivity index (χ1v) is 10.6. The number of alkyl halides is 3. The number of aromatic nitrogens is 1. The zero-order chi connectivity index (χ0) is 24.1. The second-order valence-electron chi connectivity index (χ2n) is 7.77. The number of carbonyl (C=O) groups is 1. The Hall–Kier alpha value is -4.19. The molecule has 0 atom stereocenters. The van der Waals surface area contributed by atoms with Crippen LogP contribution in [0.25, 0.3) is 16.3 Å². The summed E-state index contributed by atoms with van der Waals surface area (Å²) in [6.07, 6.45) is 3.69. The number of aryl methyl sites for hydroxylation is 1. The first kappa shape index (κ1) is 23.0. The minimum Gasteiger partial charge on any atom is -0.322 e. The molecule has 6 heteroatoms. The van der Waals surface area contributed by atoms with Crippen LogP contribution in [-0.2, 0) is 11.0 Å². The lowest BCUT2D eigenvalue weighted by atomic mass is 9.96. The minimum atomic E-state index is -4.40. The van der Waals surface area contributed by atoms with Gasteiger partial charge in [-0.2, -0.15) is 13.2 Å². The third-order valence-corrected chi connectivity index (χ3v) is 5.33. The molecular formula is C28H21F3N2O. The van der Waals surface area contributed by atoms with Gasteiger partial charge in [0.2, 0.25) is 5.91 Å². The largest absolute Gasteiger partial charge is 0.416 e. The summed E-state index contributed by atoms with van der Waals surface area (Å²) in [7, 11) is 0. The summed E-state index contributed by atoms with van der Waals surface area (Å²) < 4.78 is 38.9. The molecule has 4 rings (SSSR count). The fraction of sp³-hybridized carbons (Fsp3) is 0.0714. The van der Waals surface area contributed by atoms with E-state index in [1.54, 1.807) is 24.5 Å².